The molecule has 2 atom stereocenters. The van der Waals surface area contributed by atoms with Gasteiger partial charge in [0, 0.05) is 31.0 Å². The number of ether oxygens (including phenoxy) is 1. The summed E-state index contributed by atoms with van der Waals surface area (Å²) < 4.78 is 19.2. The van der Waals surface area contributed by atoms with Crippen molar-refractivity contribution in [2.24, 2.45) is 0 Å². The third-order valence-corrected chi connectivity index (χ3v) is 4.87. The van der Waals surface area contributed by atoms with Crippen LogP contribution in [0.4, 0.5) is 10.2 Å². The van der Waals surface area contributed by atoms with Gasteiger partial charge in [0.05, 0.1) is 24.5 Å². The van der Waals surface area contributed by atoms with Crippen LogP contribution in [0.25, 0.3) is 22.4 Å². The van der Waals surface area contributed by atoms with Crippen molar-refractivity contribution in [1.82, 2.24) is 20.4 Å². The minimum atomic E-state index is -1.05. The van der Waals surface area contributed by atoms with Gasteiger partial charge in [-0.05, 0) is 36.2 Å². The molecule has 0 unspecified atom stereocenters. The molecule has 0 spiro atoms. The van der Waals surface area contributed by atoms with Crippen LogP contribution in [0.15, 0.2) is 42.7 Å². The first-order valence-electron chi connectivity index (χ1n) is 8.74. The molecule has 0 saturated carbocycles. The highest BCUT2D eigenvalue weighted by Crippen LogP contribution is 2.32. The molecule has 0 radical (unpaired) electrons. The quantitative estimate of drug-likeness (QED) is 0.735. The van der Waals surface area contributed by atoms with Crippen molar-refractivity contribution < 1.29 is 14.2 Å². The largest absolute Gasteiger partial charge is 0.507 e. The fourth-order valence-corrected chi connectivity index (χ4v) is 3.29. The molecular weight excluding hydrogens is 349 g/mol. The minimum Gasteiger partial charge on any atom is -0.507 e. The summed E-state index contributed by atoms with van der Waals surface area (Å²) in [5.74, 6) is 0.695. The van der Waals surface area contributed by atoms with Crippen molar-refractivity contribution >= 4 is 5.82 Å². The summed E-state index contributed by atoms with van der Waals surface area (Å²) in [6, 6.07) is 8.63. The van der Waals surface area contributed by atoms with Gasteiger partial charge in [0.2, 0.25) is 0 Å². The van der Waals surface area contributed by atoms with E-state index in [-0.39, 0.29) is 18.4 Å². The van der Waals surface area contributed by atoms with Crippen molar-refractivity contribution in [3.8, 4) is 28.1 Å². The van der Waals surface area contributed by atoms with Crippen LogP contribution in [0, 0.1) is 0 Å². The number of hydrogen-bond acceptors (Lipinski definition) is 6. The van der Waals surface area contributed by atoms with Crippen LogP contribution in [-0.2, 0) is 4.74 Å². The standard InChI is InChI=1S/C19H20FN5O2/c1-25(17-6-7-27-11-15(17)20)19-5-4-16(23-24-19)14-3-2-12(8-18(14)26)13-9-21-22-10-13/h2-5,8-10,15,17,26H,6-7,11H2,1H3,(H,21,22)/t15-,17+/m1/s1. The molecule has 4 rings (SSSR count). The second-order valence-corrected chi connectivity index (χ2v) is 6.55. The lowest BCUT2D eigenvalue weighted by atomic mass is 10.0. The molecule has 0 amide bonds. The molecule has 8 heteroatoms. The Labute approximate surface area is 155 Å². The SMILES string of the molecule is CN(c1ccc(-c2ccc(-c3cn[nH]c3)cc2O)nn1)[C@H]1CCOC[C@H]1F. The first-order valence-corrected chi connectivity index (χ1v) is 8.74. The normalized spacial score (nSPS) is 19.8. The Hall–Kier alpha value is -3.00. The predicted octanol–water partition coefficient (Wildman–Crippen LogP) is 2.80. The number of alkyl halides is 1. The Morgan fingerprint density at radius 3 is 2.78 bits per heavy atom. The maximum absolute atomic E-state index is 14.1. The van der Waals surface area contributed by atoms with Crippen LogP contribution >= 0.6 is 0 Å². The number of aromatic hydroxyl groups is 1. The molecule has 140 valence electrons. The highest BCUT2D eigenvalue weighted by Gasteiger charge is 2.29. The zero-order valence-corrected chi connectivity index (χ0v) is 14.8. The number of halogens is 1. The molecule has 0 bridgehead atoms. The summed E-state index contributed by atoms with van der Waals surface area (Å²) in [7, 11) is 1.81. The summed E-state index contributed by atoms with van der Waals surface area (Å²) >= 11 is 0. The number of benzene rings is 1. The van der Waals surface area contributed by atoms with Crippen molar-refractivity contribution in [3.05, 3.63) is 42.7 Å². The monoisotopic (exact) mass is 369 g/mol. The van der Waals surface area contributed by atoms with Crippen LogP contribution in [0.2, 0.25) is 0 Å². The predicted molar refractivity (Wildman–Crippen MR) is 99.2 cm³/mol. The van der Waals surface area contributed by atoms with E-state index in [0.29, 0.717) is 30.1 Å². The van der Waals surface area contributed by atoms with Gasteiger partial charge >= 0.3 is 0 Å². The van der Waals surface area contributed by atoms with Crippen molar-refractivity contribution in [2.45, 2.75) is 18.6 Å². The fourth-order valence-electron chi connectivity index (χ4n) is 3.29. The summed E-state index contributed by atoms with van der Waals surface area (Å²) in [5, 5.41) is 25.5. The van der Waals surface area contributed by atoms with Crippen molar-refractivity contribution in [1.29, 1.82) is 0 Å². The fraction of sp³-hybridized carbons (Fsp3) is 0.316. The number of aromatic nitrogens is 4. The van der Waals surface area contributed by atoms with E-state index in [0.717, 1.165) is 11.1 Å². The van der Waals surface area contributed by atoms with Crippen LogP contribution < -0.4 is 4.90 Å². The molecule has 2 N–H and O–H groups in total. The Kier molecular flexibility index (Phi) is 4.72. The van der Waals surface area contributed by atoms with E-state index in [2.05, 4.69) is 20.4 Å². The van der Waals surface area contributed by atoms with E-state index >= 15 is 0 Å². The van der Waals surface area contributed by atoms with Gasteiger partial charge in [-0.25, -0.2) is 4.39 Å². The summed E-state index contributed by atoms with van der Waals surface area (Å²) in [6.45, 7) is 0.648. The Morgan fingerprint density at radius 2 is 2.11 bits per heavy atom. The molecule has 1 saturated heterocycles. The zero-order valence-electron chi connectivity index (χ0n) is 14.8. The molecule has 1 aliphatic rings. The van der Waals surface area contributed by atoms with Crippen LogP contribution in [-0.4, -0.2) is 58.0 Å². The number of H-pyrrole nitrogens is 1. The van der Waals surface area contributed by atoms with Crippen LogP contribution in [0.3, 0.4) is 0 Å². The van der Waals surface area contributed by atoms with E-state index in [1.54, 1.807) is 41.6 Å². The lowest BCUT2D eigenvalue weighted by Crippen LogP contribution is -2.45. The molecule has 1 aromatic carbocycles. The molecule has 1 fully saturated rings. The highest BCUT2D eigenvalue weighted by atomic mass is 19.1. The lowest BCUT2D eigenvalue weighted by molar-refractivity contribution is 0.0225. The number of anilines is 1. The van der Waals surface area contributed by atoms with Crippen LogP contribution in [0.1, 0.15) is 6.42 Å². The Balaban J connectivity index is 1.55. The smallest absolute Gasteiger partial charge is 0.151 e. The average Bonchev–Trinajstić information content (AvgIpc) is 3.23. The van der Waals surface area contributed by atoms with E-state index in [1.165, 1.54) is 0 Å². The van der Waals surface area contributed by atoms with E-state index in [9.17, 15) is 9.50 Å². The van der Waals surface area contributed by atoms with Gasteiger partial charge in [-0.3, -0.25) is 5.10 Å². The van der Waals surface area contributed by atoms with Gasteiger partial charge in [-0.1, -0.05) is 6.07 Å². The Morgan fingerprint density at radius 1 is 1.22 bits per heavy atom. The Bertz CT molecular complexity index is 901. The average molecular weight is 369 g/mol. The summed E-state index contributed by atoms with van der Waals surface area (Å²) in [5.41, 5.74) is 2.87. The van der Waals surface area contributed by atoms with E-state index < -0.39 is 6.17 Å². The molecule has 3 heterocycles. The third kappa shape index (κ3) is 3.48. The highest BCUT2D eigenvalue weighted by molar-refractivity contribution is 5.73. The molecule has 1 aliphatic heterocycles. The first kappa shape index (κ1) is 17.4. The number of nitrogens with zero attached hydrogens (tertiary/aromatic N) is 4. The number of phenols is 1. The molecule has 27 heavy (non-hydrogen) atoms. The number of nitrogens with one attached hydrogen (secondary N) is 1. The zero-order chi connectivity index (χ0) is 18.8. The van der Waals surface area contributed by atoms with Gasteiger partial charge < -0.3 is 14.7 Å². The molecule has 7 nitrogen and oxygen atoms in total. The van der Waals surface area contributed by atoms with E-state index in [4.69, 9.17) is 4.74 Å². The number of hydrogen-bond donors (Lipinski definition) is 2. The minimum absolute atomic E-state index is 0.109. The van der Waals surface area contributed by atoms with Gasteiger partial charge in [-0.2, -0.15) is 5.10 Å². The van der Waals surface area contributed by atoms with Crippen LogP contribution in [0.5, 0.6) is 5.75 Å². The molecule has 3 aromatic rings. The third-order valence-electron chi connectivity index (χ3n) is 4.87. The lowest BCUT2D eigenvalue weighted by Gasteiger charge is -2.34. The van der Waals surface area contributed by atoms with Gasteiger partial charge in [0.25, 0.3) is 0 Å². The topological polar surface area (TPSA) is 87.2 Å². The van der Waals surface area contributed by atoms with Crippen molar-refractivity contribution in [2.75, 3.05) is 25.2 Å². The maximum Gasteiger partial charge on any atom is 0.151 e. The second kappa shape index (κ2) is 7.32. The number of rotatable bonds is 4. The summed E-state index contributed by atoms with van der Waals surface area (Å²) in [6.07, 6.45) is 3.00. The number of aromatic amines is 1. The number of phenolic OH excluding ortho intramolecular Hbond substituents is 1. The van der Waals surface area contributed by atoms with Gasteiger partial charge in [0.15, 0.2) is 5.82 Å². The first-order chi connectivity index (χ1) is 13.1. The molecule has 2 aromatic heterocycles. The van der Waals surface area contributed by atoms with Gasteiger partial charge in [0.1, 0.15) is 11.9 Å². The van der Waals surface area contributed by atoms with Crippen molar-refractivity contribution in [3.63, 3.8) is 0 Å². The van der Waals surface area contributed by atoms with E-state index in [1.807, 2.05) is 13.1 Å². The maximum atomic E-state index is 14.1. The summed E-state index contributed by atoms with van der Waals surface area (Å²) in [4.78, 5) is 1.80. The molecule has 0 aliphatic carbocycles. The molecular formula is C19H20FN5O2. The van der Waals surface area contributed by atoms with Gasteiger partial charge in [-0.15, -0.1) is 10.2 Å². The second-order valence-electron chi connectivity index (χ2n) is 6.55.